The van der Waals surface area contributed by atoms with Gasteiger partial charge in [-0.1, -0.05) is 22.9 Å². The maximum atomic E-state index is 5.52. The molecule has 4 unspecified atom stereocenters. The van der Waals surface area contributed by atoms with Crippen LogP contribution in [0.15, 0.2) is 0 Å². The van der Waals surface area contributed by atoms with Crippen molar-refractivity contribution < 1.29 is 4.74 Å². The first-order valence-corrected chi connectivity index (χ1v) is 7.53. The molecule has 1 aliphatic carbocycles. The van der Waals surface area contributed by atoms with Gasteiger partial charge in [-0.3, -0.25) is 4.90 Å². The van der Waals surface area contributed by atoms with Gasteiger partial charge in [0.25, 0.3) is 0 Å². The van der Waals surface area contributed by atoms with Crippen LogP contribution in [0.4, 0.5) is 0 Å². The molecule has 2 aliphatic rings. The maximum Gasteiger partial charge on any atom is 0.0586 e. The molecule has 1 heterocycles. The topological polar surface area (TPSA) is 12.5 Å². The summed E-state index contributed by atoms with van der Waals surface area (Å²) >= 11 is 3.78. The summed E-state index contributed by atoms with van der Waals surface area (Å²) < 4.78 is 5.52. The molecule has 16 heavy (non-hydrogen) atoms. The van der Waals surface area contributed by atoms with E-state index in [4.69, 9.17) is 4.74 Å². The van der Waals surface area contributed by atoms with Crippen molar-refractivity contribution in [1.29, 1.82) is 0 Å². The van der Waals surface area contributed by atoms with Gasteiger partial charge in [-0.25, -0.2) is 0 Å². The number of hydrogen-bond acceptors (Lipinski definition) is 2. The number of piperidine rings is 1. The number of halogens is 1. The lowest BCUT2D eigenvalue weighted by Crippen LogP contribution is -2.48. The fourth-order valence-corrected chi connectivity index (χ4v) is 3.52. The molecule has 2 fully saturated rings. The molecule has 2 rings (SSSR count). The van der Waals surface area contributed by atoms with Gasteiger partial charge in [-0.05, 0) is 44.6 Å². The molecule has 0 radical (unpaired) electrons. The third kappa shape index (κ3) is 2.99. The summed E-state index contributed by atoms with van der Waals surface area (Å²) in [4.78, 5) is 3.43. The molecule has 1 saturated carbocycles. The van der Waals surface area contributed by atoms with Crippen molar-refractivity contribution in [3.8, 4) is 0 Å². The number of nitrogens with zero attached hydrogens (tertiary/aromatic N) is 1. The quantitative estimate of drug-likeness (QED) is 0.725. The zero-order chi connectivity index (χ0) is 11.5. The predicted molar refractivity (Wildman–Crippen MR) is 71.1 cm³/mol. The summed E-state index contributed by atoms with van der Waals surface area (Å²) in [5, 5.41) is 0. The molecular formula is C13H24BrNO. The highest BCUT2D eigenvalue weighted by Crippen LogP contribution is 2.30. The van der Waals surface area contributed by atoms with Gasteiger partial charge < -0.3 is 4.74 Å². The molecule has 0 N–H and O–H groups in total. The van der Waals surface area contributed by atoms with Gasteiger partial charge in [0, 0.05) is 24.5 Å². The van der Waals surface area contributed by atoms with Gasteiger partial charge in [0.15, 0.2) is 0 Å². The number of rotatable bonds is 2. The van der Waals surface area contributed by atoms with Crippen LogP contribution in [0.2, 0.25) is 0 Å². The lowest BCUT2D eigenvalue weighted by molar-refractivity contribution is 0.0174. The van der Waals surface area contributed by atoms with Crippen LogP contribution in [0.3, 0.4) is 0 Å². The standard InChI is InChI=1S/C13H24BrNO/c1-10-9-15(7-6-13(10)14)11-4-3-5-12(8-11)16-2/h10-13H,3-9H2,1-2H3. The Morgan fingerprint density at radius 3 is 2.75 bits per heavy atom. The summed E-state index contributed by atoms with van der Waals surface area (Å²) in [6.07, 6.45) is 7.03. The number of hydrogen-bond donors (Lipinski definition) is 0. The summed E-state index contributed by atoms with van der Waals surface area (Å²) in [6.45, 7) is 4.89. The van der Waals surface area contributed by atoms with Crippen LogP contribution in [0.1, 0.15) is 39.0 Å². The molecular weight excluding hydrogens is 266 g/mol. The summed E-state index contributed by atoms with van der Waals surface area (Å²) in [5.41, 5.74) is 0. The zero-order valence-corrected chi connectivity index (χ0v) is 12.1. The van der Waals surface area contributed by atoms with Gasteiger partial charge in [-0.15, -0.1) is 0 Å². The average molecular weight is 290 g/mol. The molecule has 0 bridgehead atoms. The van der Waals surface area contributed by atoms with E-state index in [0.29, 0.717) is 6.10 Å². The van der Waals surface area contributed by atoms with Gasteiger partial charge in [-0.2, -0.15) is 0 Å². The predicted octanol–water partition coefficient (Wildman–Crippen LogP) is 3.05. The molecule has 0 aromatic heterocycles. The van der Waals surface area contributed by atoms with Gasteiger partial charge >= 0.3 is 0 Å². The Balaban J connectivity index is 1.87. The van der Waals surface area contributed by atoms with E-state index in [1.54, 1.807) is 0 Å². The van der Waals surface area contributed by atoms with Gasteiger partial charge in [0.05, 0.1) is 6.10 Å². The van der Waals surface area contributed by atoms with E-state index in [-0.39, 0.29) is 0 Å². The lowest BCUT2D eigenvalue weighted by Gasteiger charge is -2.42. The van der Waals surface area contributed by atoms with Crippen LogP contribution in [-0.4, -0.2) is 42.1 Å². The first kappa shape index (κ1) is 12.8. The number of ether oxygens (including phenoxy) is 1. The van der Waals surface area contributed by atoms with Crippen molar-refractivity contribution in [1.82, 2.24) is 4.90 Å². The van der Waals surface area contributed by atoms with Gasteiger partial charge in [0.1, 0.15) is 0 Å². The first-order valence-electron chi connectivity index (χ1n) is 6.61. The highest BCUT2D eigenvalue weighted by Gasteiger charge is 2.31. The lowest BCUT2D eigenvalue weighted by atomic mass is 9.89. The normalized spacial score (nSPS) is 42.2. The third-order valence-electron chi connectivity index (χ3n) is 4.28. The van der Waals surface area contributed by atoms with Crippen LogP contribution in [-0.2, 0) is 4.74 Å². The van der Waals surface area contributed by atoms with Crippen LogP contribution >= 0.6 is 15.9 Å². The first-order chi connectivity index (χ1) is 7.70. The van der Waals surface area contributed by atoms with E-state index in [1.165, 1.54) is 45.2 Å². The molecule has 0 spiro atoms. The summed E-state index contributed by atoms with van der Waals surface area (Å²) in [7, 11) is 1.86. The molecule has 3 heteroatoms. The molecule has 1 saturated heterocycles. The molecule has 2 nitrogen and oxygen atoms in total. The minimum atomic E-state index is 0.510. The van der Waals surface area contributed by atoms with Crippen molar-refractivity contribution in [2.45, 2.75) is 56.0 Å². The van der Waals surface area contributed by atoms with Crippen molar-refractivity contribution in [3.63, 3.8) is 0 Å². The second kappa shape index (κ2) is 5.83. The van der Waals surface area contributed by atoms with E-state index in [2.05, 4.69) is 27.8 Å². The molecule has 94 valence electrons. The van der Waals surface area contributed by atoms with E-state index < -0.39 is 0 Å². The Bertz CT molecular complexity index is 220. The molecule has 4 atom stereocenters. The van der Waals surface area contributed by atoms with Crippen molar-refractivity contribution >= 4 is 15.9 Å². The number of likely N-dealkylation sites (tertiary alicyclic amines) is 1. The zero-order valence-electron chi connectivity index (χ0n) is 10.5. The highest BCUT2D eigenvalue weighted by atomic mass is 79.9. The SMILES string of the molecule is COC1CCCC(N2CCC(Br)C(C)C2)C1. The molecule has 0 aromatic rings. The second-order valence-corrected chi connectivity index (χ2v) is 6.63. The molecule has 0 amide bonds. The van der Waals surface area contributed by atoms with E-state index in [9.17, 15) is 0 Å². The van der Waals surface area contributed by atoms with Crippen LogP contribution in [0, 0.1) is 5.92 Å². The Kier molecular flexibility index (Phi) is 4.68. The van der Waals surface area contributed by atoms with Crippen molar-refractivity contribution in [2.24, 2.45) is 5.92 Å². The Morgan fingerprint density at radius 1 is 1.25 bits per heavy atom. The maximum absolute atomic E-state index is 5.52. The Hall–Kier alpha value is 0.400. The summed E-state index contributed by atoms with van der Waals surface area (Å²) in [6, 6.07) is 0.779. The van der Waals surface area contributed by atoms with E-state index in [1.807, 2.05) is 7.11 Å². The third-order valence-corrected chi connectivity index (χ3v) is 5.64. The fraction of sp³-hybridized carbons (Fsp3) is 1.00. The molecule has 1 aliphatic heterocycles. The average Bonchev–Trinajstić information content (AvgIpc) is 2.33. The minimum Gasteiger partial charge on any atom is -0.381 e. The molecule has 0 aromatic carbocycles. The number of alkyl halides is 1. The second-order valence-electron chi connectivity index (χ2n) is 5.46. The van der Waals surface area contributed by atoms with E-state index >= 15 is 0 Å². The van der Waals surface area contributed by atoms with E-state index in [0.717, 1.165) is 16.8 Å². The Morgan fingerprint density at radius 2 is 2.06 bits per heavy atom. The monoisotopic (exact) mass is 289 g/mol. The van der Waals surface area contributed by atoms with Gasteiger partial charge in [0.2, 0.25) is 0 Å². The van der Waals surface area contributed by atoms with Crippen LogP contribution in [0.5, 0.6) is 0 Å². The minimum absolute atomic E-state index is 0.510. The summed E-state index contributed by atoms with van der Waals surface area (Å²) in [5.74, 6) is 0.789. The van der Waals surface area contributed by atoms with Crippen LogP contribution in [0.25, 0.3) is 0 Å². The van der Waals surface area contributed by atoms with Crippen molar-refractivity contribution in [3.05, 3.63) is 0 Å². The highest BCUT2D eigenvalue weighted by molar-refractivity contribution is 9.09. The smallest absolute Gasteiger partial charge is 0.0586 e. The number of methoxy groups -OCH3 is 1. The van der Waals surface area contributed by atoms with Crippen LogP contribution < -0.4 is 0 Å². The van der Waals surface area contributed by atoms with Crippen molar-refractivity contribution in [2.75, 3.05) is 20.2 Å². The Labute approximate surface area is 108 Å². The fourth-order valence-electron chi connectivity index (χ4n) is 3.15. The largest absolute Gasteiger partial charge is 0.381 e.